The number of imidazole rings is 1. The van der Waals surface area contributed by atoms with Gasteiger partial charge in [0, 0.05) is 24.2 Å². The van der Waals surface area contributed by atoms with Crippen LogP contribution in [0, 0.1) is 10.7 Å². The van der Waals surface area contributed by atoms with Gasteiger partial charge in [-0.25, -0.2) is 0 Å². The van der Waals surface area contributed by atoms with Crippen LogP contribution in [0.1, 0.15) is 19.5 Å². The fraction of sp³-hybridized carbons (Fsp3) is 0.667. The molecule has 0 aliphatic rings. The zero-order valence-corrected chi connectivity index (χ0v) is 12.0. The summed E-state index contributed by atoms with van der Waals surface area (Å²) in [6.45, 7) is 3.90. The molecule has 0 unspecified atom stereocenters. The highest BCUT2D eigenvalue weighted by molar-refractivity contribution is 7.71. The average molecular weight is 256 g/mol. The van der Waals surface area contributed by atoms with E-state index in [0.29, 0.717) is 15.7 Å². The number of likely N-dealkylation sites (N-methyl/N-ethyl adjacent to an activating group) is 1. The number of nitrogens with one attached hydrogen (secondary N) is 2. The van der Waals surface area contributed by atoms with Gasteiger partial charge in [0.25, 0.3) is 0 Å². The molecule has 0 amide bonds. The van der Waals surface area contributed by atoms with Gasteiger partial charge in [-0.15, -0.1) is 0 Å². The first-order valence-corrected chi connectivity index (χ1v) is 6.24. The molecule has 0 bridgehead atoms. The molecule has 2 N–H and O–H groups in total. The molecule has 0 aliphatic heterocycles. The van der Waals surface area contributed by atoms with Gasteiger partial charge in [-0.05, 0) is 12.2 Å². The summed E-state index contributed by atoms with van der Waals surface area (Å²) in [6, 6.07) is -0.0450. The number of ketones is 1. The molecular weight excluding hydrogens is 234 g/mol. The Morgan fingerprint density at radius 3 is 2.35 bits per heavy atom. The monoisotopic (exact) mass is 256 g/mol. The van der Waals surface area contributed by atoms with Crippen molar-refractivity contribution in [3.63, 3.8) is 0 Å². The molecule has 5 heteroatoms. The van der Waals surface area contributed by atoms with Gasteiger partial charge in [0.15, 0.2) is 16.6 Å². The minimum Gasteiger partial charge on any atom is -0.337 e. The van der Waals surface area contributed by atoms with Crippen molar-refractivity contribution in [2.24, 2.45) is 5.92 Å². The molecule has 17 heavy (non-hydrogen) atoms. The van der Waals surface area contributed by atoms with E-state index in [1.165, 1.54) is 0 Å². The van der Waals surface area contributed by atoms with E-state index in [2.05, 4.69) is 9.97 Å². The Balaban J connectivity index is 2.93. The first kappa shape index (κ1) is 14.1. The van der Waals surface area contributed by atoms with Crippen LogP contribution < -0.4 is 0 Å². The fourth-order valence-electron chi connectivity index (χ4n) is 1.83. The van der Waals surface area contributed by atoms with Crippen LogP contribution in [0.3, 0.4) is 0 Å². The molecule has 0 spiro atoms. The Kier molecular flexibility index (Phi) is 4.27. The summed E-state index contributed by atoms with van der Waals surface area (Å²) in [5.41, 5.74) is 0.988. The molecule has 1 heterocycles. The first-order chi connectivity index (χ1) is 7.71. The molecule has 1 rings (SSSR count). The van der Waals surface area contributed by atoms with E-state index in [4.69, 9.17) is 12.2 Å². The van der Waals surface area contributed by atoms with Crippen molar-refractivity contribution in [2.45, 2.75) is 26.3 Å². The number of aromatic amines is 2. The Morgan fingerprint density at radius 2 is 2.00 bits per heavy atom. The summed E-state index contributed by atoms with van der Waals surface area (Å²) in [4.78, 5) is 18.2. The van der Waals surface area contributed by atoms with Crippen LogP contribution in [0.2, 0.25) is 0 Å². The average Bonchev–Trinajstić information content (AvgIpc) is 2.57. The molecule has 1 aromatic heterocycles. The summed E-state index contributed by atoms with van der Waals surface area (Å²) in [7, 11) is 6.14. The van der Waals surface area contributed by atoms with Gasteiger partial charge in [-0.1, -0.05) is 13.8 Å². The SMILES string of the molecule is CC(C)C(=O)[C@H](Cc1c[nH]c(=S)[nH]1)[N+](C)(C)C. The maximum absolute atomic E-state index is 12.2. The van der Waals surface area contributed by atoms with Gasteiger partial charge in [0.2, 0.25) is 0 Å². The van der Waals surface area contributed by atoms with Crippen LogP contribution in [-0.4, -0.2) is 47.4 Å². The zero-order valence-electron chi connectivity index (χ0n) is 11.2. The van der Waals surface area contributed by atoms with Crippen molar-refractivity contribution in [2.75, 3.05) is 21.1 Å². The largest absolute Gasteiger partial charge is 0.337 e. The molecule has 4 nitrogen and oxygen atoms in total. The molecule has 0 aromatic carbocycles. The summed E-state index contributed by atoms with van der Waals surface area (Å²) in [5.74, 6) is 0.345. The number of Topliss-reactive ketones (excluding diaryl/α,β-unsaturated/α-hetero) is 1. The molecule has 0 saturated heterocycles. The topological polar surface area (TPSA) is 48.6 Å². The first-order valence-electron chi connectivity index (χ1n) is 5.83. The molecule has 0 radical (unpaired) electrons. The second kappa shape index (κ2) is 5.14. The van der Waals surface area contributed by atoms with Crippen LogP contribution in [0.5, 0.6) is 0 Å². The molecular formula is C12H22N3OS+. The third-order valence-corrected chi connectivity index (χ3v) is 3.12. The van der Waals surface area contributed by atoms with Gasteiger partial charge in [-0.2, -0.15) is 0 Å². The van der Waals surface area contributed by atoms with Crippen LogP contribution >= 0.6 is 12.2 Å². The summed E-state index contributed by atoms with van der Waals surface area (Å²) < 4.78 is 1.24. The maximum atomic E-state index is 12.2. The van der Waals surface area contributed by atoms with Crippen LogP contribution in [-0.2, 0) is 11.2 Å². The Labute approximate surface area is 108 Å². The number of hydrogen-bond donors (Lipinski definition) is 2. The molecule has 1 atom stereocenters. The highest BCUT2D eigenvalue weighted by atomic mass is 32.1. The van der Waals surface area contributed by atoms with E-state index in [-0.39, 0.29) is 17.7 Å². The molecule has 1 aromatic rings. The smallest absolute Gasteiger partial charge is 0.192 e. The van der Waals surface area contributed by atoms with Gasteiger partial charge in [-0.3, -0.25) is 4.79 Å². The number of hydrogen-bond acceptors (Lipinski definition) is 2. The highest BCUT2D eigenvalue weighted by Crippen LogP contribution is 2.15. The lowest BCUT2D eigenvalue weighted by atomic mass is 9.96. The number of rotatable bonds is 5. The Bertz CT molecular complexity index is 439. The van der Waals surface area contributed by atoms with Crippen LogP contribution in [0.25, 0.3) is 0 Å². The number of carbonyl (C=O) groups is 1. The number of carbonyl (C=O) groups excluding carboxylic acids is 1. The van der Waals surface area contributed by atoms with E-state index in [1.807, 2.05) is 41.2 Å². The van der Waals surface area contributed by atoms with Gasteiger partial charge in [0.1, 0.15) is 0 Å². The fourth-order valence-corrected chi connectivity index (χ4v) is 2.02. The van der Waals surface area contributed by atoms with Crippen molar-refractivity contribution in [1.29, 1.82) is 0 Å². The molecule has 96 valence electrons. The van der Waals surface area contributed by atoms with Crippen molar-refractivity contribution in [3.8, 4) is 0 Å². The van der Waals surface area contributed by atoms with E-state index in [1.54, 1.807) is 0 Å². The molecule has 0 aliphatic carbocycles. The van der Waals surface area contributed by atoms with Crippen molar-refractivity contribution in [1.82, 2.24) is 9.97 Å². The third-order valence-electron chi connectivity index (χ3n) is 2.90. The van der Waals surface area contributed by atoms with Crippen molar-refractivity contribution < 1.29 is 9.28 Å². The van der Waals surface area contributed by atoms with Gasteiger partial charge >= 0.3 is 0 Å². The van der Waals surface area contributed by atoms with Crippen molar-refractivity contribution >= 4 is 18.0 Å². The quantitative estimate of drug-likeness (QED) is 0.624. The summed E-state index contributed by atoms with van der Waals surface area (Å²) >= 11 is 5.00. The second-order valence-electron chi connectivity index (χ2n) is 5.66. The standard InChI is InChI=1S/C12H21N3OS/c1-8(2)11(16)10(15(3,4)5)6-9-7-13-12(17)14-9/h7-8,10H,6H2,1-5H3,(H-,13,14,17)/p+1/t10-/m0/s1. The Morgan fingerprint density at radius 1 is 1.41 bits per heavy atom. The van der Waals surface area contributed by atoms with Crippen molar-refractivity contribution in [3.05, 3.63) is 16.7 Å². The second-order valence-corrected chi connectivity index (χ2v) is 6.07. The minimum atomic E-state index is -0.0450. The number of H-pyrrole nitrogens is 2. The van der Waals surface area contributed by atoms with Crippen LogP contribution in [0.4, 0.5) is 0 Å². The van der Waals surface area contributed by atoms with E-state index in [0.717, 1.165) is 5.69 Å². The predicted molar refractivity (Wildman–Crippen MR) is 71.3 cm³/mol. The normalized spacial score (nSPS) is 14.0. The lowest BCUT2D eigenvalue weighted by Gasteiger charge is -2.33. The van der Waals surface area contributed by atoms with E-state index >= 15 is 0 Å². The predicted octanol–water partition coefficient (Wildman–Crippen LogP) is 1.91. The van der Waals surface area contributed by atoms with E-state index in [9.17, 15) is 4.79 Å². The van der Waals surface area contributed by atoms with E-state index < -0.39 is 0 Å². The lowest BCUT2D eigenvalue weighted by molar-refractivity contribution is -0.886. The summed E-state index contributed by atoms with van der Waals surface area (Å²) in [5, 5.41) is 0. The third kappa shape index (κ3) is 3.78. The minimum absolute atomic E-state index is 0.0450. The summed E-state index contributed by atoms with van der Waals surface area (Å²) in [6.07, 6.45) is 2.53. The zero-order chi connectivity index (χ0) is 13.2. The van der Waals surface area contributed by atoms with Crippen LogP contribution in [0.15, 0.2) is 6.20 Å². The molecule has 0 fully saturated rings. The number of aromatic nitrogens is 2. The Hall–Kier alpha value is -0.940. The highest BCUT2D eigenvalue weighted by Gasteiger charge is 2.33. The number of nitrogens with zero attached hydrogens (tertiary/aromatic N) is 1. The van der Waals surface area contributed by atoms with Gasteiger partial charge in [0.05, 0.1) is 21.1 Å². The van der Waals surface area contributed by atoms with Gasteiger partial charge < -0.3 is 14.5 Å². The number of quaternary nitrogens is 1. The lowest BCUT2D eigenvalue weighted by Crippen LogP contribution is -2.52. The molecule has 0 saturated carbocycles. The maximum Gasteiger partial charge on any atom is 0.192 e.